The maximum absolute atomic E-state index is 10.8. The smallest absolute Gasteiger partial charge is 0.134 e. The summed E-state index contributed by atoms with van der Waals surface area (Å²) < 4.78 is 6.08. The summed E-state index contributed by atoms with van der Waals surface area (Å²) in [7, 11) is 0. The van der Waals surface area contributed by atoms with E-state index in [0.717, 1.165) is 16.7 Å². The first-order valence-corrected chi connectivity index (χ1v) is 9.06. The average molecular weight is 359 g/mol. The first kappa shape index (κ1) is 18.9. The fourth-order valence-electron chi connectivity index (χ4n) is 2.70. The topological polar surface area (TPSA) is 42.4 Å². The lowest BCUT2D eigenvalue weighted by molar-refractivity contribution is 0.0641. The van der Waals surface area contributed by atoms with Crippen molar-refractivity contribution in [2.45, 2.75) is 26.9 Å². The Morgan fingerprint density at radius 1 is 0.926 bits per heavy atom. The number of hydrogen-bond acceptors (Lipinski definition) is 3. The minimum absolute atomic E-state index is 0.349. The van der Waals surface area contributed by atoms with Crippen LogP contribution in [0.5, 0.6) is 5.75 Å². The second-order valence-corrected chi connectivity index (χ2v) is 7.59. The van der Waals surface area contributed by atoms with Crippen molar-refractivity contribution in [2.75, 3.05) is 0 Å². The normalized spacial score (nSPS) is 13.3. The Morgan fingerprint density at radius 2 is 1.59 bits per heavy atom. The van der Waals surface area contributed by atoms with Gasteiger partial charge in [0.25, 0.3) is 0 Å². The highest BCUT2D eigenvalue weighted by Crippen LogP contribution is 2.29. The average Bonchev–Trinajstić information content (AvgIpc) is 2.68. The van der Waals surface area contributed by atoms with Crippen molar-refractivity contribution in [3.8, 4) is 16.9 Å². The van der Waals surface area contributed by atoms with Gasteiger partial charge in [0.15, 0.2) is 0 Å². The molecule has 1 aromatic heterocycles. The number of benzene rings is 2. The molecule has 0 amide bonds. The molecule has 0 fully saturated rings. The zero-order valence-electron chi connectivity index (χ0n) is 16.0. The van der Waals surface area contributed by atoms with Crippen LogP contribution in [0, 0.1) is 5.41 Å². The van der Waals surface area contributed by atoms with Crippen molar-refractivity contribution in [3.63, 3.8) is 0 Å². The summed E-state index contributed by atoms with van der Waals surface area (Å²) in [6.07, 6.45) is 4.57. The van der Waals surface area contributed by atoms with Gasteiger partial charge in [0.05, 0.1) is 0 Å². The lowest BCUT2D eigenvalue weighted by Crippen LogP contribution is -2.30. The Morgan fingerprint density at radius 3 is 2.19 bits per heavy atom. The Labute approximate surface area is 161 Å². The number of rotatable bonds is 5. The molecule has 2 aromatic carbocycles. The molecule has 1 N–H and O–H groups in total. The van der Waals surface area contributed by atoms with Crippen LogP contribution >= 0.6 is 0 Å². The number of aliphatic hydroxyl groups is 1. The van der Waals surface area contributed by atoms with Gasteiger partial charge in [-0.1, -0.05) is 69.3 Å². The first-order valence-electron chi connectivity index (χ1n) is 9.06. The molecule has 0 saturated heterocycles. The van der Waals surface area contributed by atoms with Gasteiger partial charge in [-0.15, -0.1) is 0 Å². The molecule has 0 aliphatic rings. The van der Waals surface area contributed by atoms with E-state index in [-0.39, 0.29) is 5.41 Å². The number of aliphatic hydroxyl groups excluding tert-OH is 1. The summed E-state index contributed by atoms with van der Waals surface area (Å²) in [6.45, 7) is 5.95. The lowest BCUT2D eigenvalue weighted by atomic mass is 9.87. The summed E-state index contributed by atoms with van der Waals surface area (Å²) >= 11 is 0. The van der Waals surface area contributed by atoms with Crippen molar-refractivity contribution in [2.24, 2.45) is 5.41 Å². The minimum atomic E-state index is -0.744. The van der Waals surface area contributed by atoms with Crippen LogP contribution in [0.4, 0.5) is 0 Å². The van der Waals surface area contributed by atoms with Crippen LogP contribution < -0.4 is 4.74 Å². The molecule has 3 rings (SSSR count). The first-order chi connectivity index (χ1) is 12.9. The molecule has 0 bridgehead atoms. The van der Waals surface area contributed by atoms with Crippen LogP contribution in [0.1, 0.15) is 26.3 Å². The Bertz CT molecular complexity index is 879. The van der Waals surface area contributed by atoms with Gasteiger partial charge in [-0.2, -0.15) is 0 Å². The van der Waals surface area contributed by atoms with Crippen molar-refractivity contribution >= 4 is 6.08 Å². The second-order valence-electron chi connectivity index (χ2n) is 7.59. The highest BCUT2D eigenvalue weighted by Gasteiger charge is 2.27. The van der Waals surface area contributed by atoms with Gasteiger partial charge in [0, 0.05) is 12.4 Å². The van der Waals surface area contributed by atoms with E-state index < -0.39 is 6.10 Å². The lowest BCUT2D eigenvalue weighted by Gasteiger charge is -2.28. The van der Waals surface area contributed by atoms with E-state index >= 15 is 0 Å². The zero-order valence-corrected chi connectivity index (χ0v) is 16.0. The SMILES string of the molecule is CC(C)(C)C(O)C(=Cc1cccnc1)Oc1ccc(-c2ccccc2)cc1. The second kappa shape index (κ2) is 8.19. The van der Waals surface area contributed by atoms with Crippen LogP contribution in [0.3, 0.4) is 0 Å². The van der Waals surface area contributed by atoms with Crippen molar-refractivity contribution in [1.82, 2.24) is 4.98 Å². The molecule has 3 aromatic rings. The molecule has 0 radical (unpaired) electrons. The molecule has 0 aliphatic carbocycles. The monoisotopic (exact) mass is 359 g/mol. The maximum Gasteiger partial charge on any atom is 0.134 e. The quantitative estimate of drug-likeness (QED) is 0.605. The number of hydrogen-bond donors (Lipinski definition) is 1. The number of aromatic nitrogens is 1. The zero-order chi connectivity index (χ0) is 19.3. The molecule has 0 spiro atoms. The van der Waals surface area contributed by atoms with E-state index in [2.05, 4.69) is 17.1 Å². The number of pyridine rings is 1. The third-order valence-corrected chi connectivity index (χ3v) is 4.28. The fourth-order valence-corrected chi connectivity index (χ4v) is 2.70. The molecular formula is C24H25NO2. The van der Waals surface area contributed by atoms with E-state index in [4.69, 9.17) is 4.74 Å². The van der Waals surface area contributed by atoms with E-state index in [0.29, 0.717) is 11.5 Å². The van der Waals surface area contributed by atoms with E-state index in [1.807, 2.05) is 81.4 Å². The van der Waals surface area contributed by atoms with Crippen LogP contribution in [0.25, 0.3) is 17.2 Å². The van der Waals surface area contributed by atoms with Crippen LogP contribution in [0.2, 0.25) is 0 Å². The standard InChI is InChI=1S/C24H25NO2/c1-24(2,3)23(26)22(16-18-8-7-15-25-17-18)27-21-13-11-20(12-14-21)19-9-5-4-6-10-19/h4-17,23,26H,1-3H3. The molecule has 1 unspecified atom stereocenters. The third-order valence-electron chi connectivity index (χ3n) is 4.28. The van der Waals surface area contributed by atoms with Crippen molar-refractivity contribution < 1.29 is 9.84 Å². The summed E-state index contributed by atoms with van der Waals surface area (Å²) in [5, 5.41) is 10.8. The maximum atomic E-state index is 10.8. The summed E-state index contributed by atoms with van der Waals surface area (Å²) in [4.78, 5) is 4.13. The van der Waals surface area contributed by atoms with E-state index in [1.54, 1.807) is 12.4 Å². The molecule has 1 heterocycles. The highest BCUT2D eigenvalue weighted by atomic mass is 16.5. The molecule has 3 heteroatoms. The summed E-state index contributed by atoms with van der Waals surface area (Å²) in [5.41, 5.74) is 2.82. The van der Waals surface area contributed by atoms with Crippen molar-refractivity contribution in [1.29, 1.82) is 0 Å². The van der Waals surface area contributed by atoms with E-state index in [9.17, 15) is 5.11 Å². The number of nitrogens with zero attached hydrogens (tertiary/aromatic N) is 1. The molecule has 0 aliphatic heterocycles. The third kappa shape index (κ3) is 5.05. The number of ether oxygens (including phenoxy) is 1. The van der Waals surface area contributed by atoms with Gasteiger partial charge in [-0.3, -0.25) is 4.98 Å². The molecule has 3 nitrogen and oxygen atoms in total. The van der Waals surface area contributed by atoms with Crippen molar-refractivity contribution in [3.05, 3.63) is 90.4 Å². The van der Waals surface area contributed by atoms with Crippen LogP contribution in [0.15, 0.2) is 84.9 Å². The van der Waals surface area contributed by atoms with Gasteiger partial charge in [-0.05, 0) is 46.4 Å². The minimum Gasteiger partial charge on any atom is -0.459 e. The largest absolute Gasteiger partial charge is 0.459 e. The molecule has 27 heavy (non-hydrogen) atoms. The fraction of sp³-hybridized carbons (Fsp3) is 0.208. The van der Waals surface area contributed by atoms with Gasteiger partial charge in [0.1, 0.15) is 17.6 Å². The van der Waals surface area contributed by atoms with E-state index in [1.165, 1.54) is 0 Å². The predicted molar refractivity (Wildman–Crippen MR) is 110 cm³/mol. The van der Waals surface area contributed by atoms with Gasteiger partial charge < -0.3 is 9.84 Å². The predicted octanol–water partition coefficient (Wildman–Crippen LogP) is 5.58. The summed E-state index contributed by atoms with van der Waals surface area (Å²) in [5.74, 6) is 1.19. The van der Waals surface area contributed by atoms with Crippen LogP contribution in [-0.2, 0) is 0 Å². The molecular weight excluding hydrogens is 334 g/mol. The molecule has 0 saturated carbocycles. The summed E-state index contributed by atoms with van der Waals surface area (Å²) in [6, 6.07) is 21.9. The van der Waals surface area contributed by atoms with Gasteiger partial charge in [-0.25, -0.2) is 0 Å². The molecule has 138 valence electrons. The van der Waals surface area contributed by atoms with Crippen LogP contribution in [-0.4, -0.2) is 16.2 Å². The Kier molecular flexibility index (Phi) is 5.72. The highest BCUT2D eigenvalue weighted by molar-refractivity contribution is 5.64. The van der Waals surface area contributed by atoms with Gasteiger partial charge in [0.2, 0.25) is 0 Å². The van der Waals surface area contributed by atoms with Gasteiger partial charge >= 0.3 is 0 Å². The molecule has 1 atom stereocenters. The Hall–Kier alpha value is -2.91. The Balaban J connectivity index is 1.87.